The molecule has 0 saturated heterocycles. The van der Waals surface area contributed by atoms with Gasteiger partial charge in [0.05, 0.1) is 7.11 Å². The summed E-state index contributed by atoms with van der Waals surface area (Å²) in [5.41, 5.74) is 0.762. The first-order chi connectivity index (χ1) is 8.67. The third kappa shape index (κ3) is 4.98. The first-order valence-electron chi connectivity index (χ1n) is 5.73. The Labute approximate surface area is 111 Å². The van der Waals surface area contributed by atoms with Gasteiger partial charge in [-0.2, -0.15) is 0 Å². The molecule has 0 unspecified atom stereocenters. The van der Waals surface area contributed by atoms with E-state index in [0.29, 0.717) is 24.0 Å². The average Bonchev–Trinajstić information content (AvgIpc) is 2.37. The lowest BCUT2D eigenvalue weighted by molar-refractivity contribution is -0.140. The van der Waals surface area contributed by atoms with Crippen LogP contribution in [0, 0.1) is 0 Å². The van der Waals surface area contributed by atoms with E-state index in [1.807, 2.05) is 0 Å². The van der Waals surface area contributed by atoms with Gasteiger partial charge in [-0.3, -0.25) is 4.79 Å². The van der Waals surface area contributed by atoms with E-state index in [-0.39, 0.29) is 12.4 Å². The number of nitrogens with zero attached hydrogens (tertiary/aromatic N) is 2. The maximum atomic E-state index is 11.0. The third-order valence-corrected chi connectivity index (χ3v) is 2.76. The van der Waals surface area contributed by atoms with Gasteiger partial charge in [0.15, 0.2) is 0 Å². The molecule has 0 fully saturated rings. The SMILES string of the molecule is COCCCc1ncc(CCC(=O)OC)c(Cl)n1. The molecular weight excluding hydrogens is 256 g/mol. The molecule has 0 aromatic carbocycles. The van der Waals surface area contributed by atoms with Crippen LogP contribution in [-0.2, 0) is 27.1 Å². The van der Waals surface area contributed by atoms with E-state index in [9.17, 15) is 4.79 Å². The van der Waals surface area contributed by atoms with Gasteiger partial charge in [0.2, 0.25) is 0 Å². The van der Waals surface area contributed by atoms with Crippen molar-refractivity contribution < 1.29 is 14.3 Å². The Kier molecular flexibility index (Phi) is 6.60. The second-order valence-corrected chi connectivity index (χ2v) is 4.13. The molecule has 0 N–H and O–H groups in total. The van der Waals surface area contributed by atoms with Crippen LogP contribution >= 0.6 is 11.6 Å². The molecule has 100 valence electrons. The van der Waals surface area contributed by atoms with Crippen LogP contribution in [0.25, 0.3) is 0 Å². The molecule has 0 saturated carbocycles. The molecule has 0 spiro atoms. The number of esters is 1. The molecule has 0 atom stereocenters. The Balaban J connectivity index is 2.53. The van der Waals surface area contributed by atoms with Crippen LogP contribution in [0.5, 0.6) is 0 Å². The predicted molar refractivity (Wildman–Crippen MR) is 67.6 cm³/mol. The Hall–Kier alpha value is -1.20. The van der Waals surface area contributed by atoms with Crippen LogP contribution in [0.3, 0.4) is 0 Å². The van der Waals surface area contributed by atoms with Gasteiger partial charge in [-0.15, -0.1) is 0 Å². The summed E-state index contributed by atoms with van der Waals surface area (Å²) in [6.45, 7) is 0.672. The lowest BCUT2D eigenvalue weighted by Crippen LogP contribution is -2.05. The predicted octanol–water partition coefficient (Wildman–Crippen LogP) is 1.81. The fourth-order valence-corrected chi connectivity index (χ4v) is 1.66. The number of ether oxygens (including phenoxy) is 2. The Morgan fingerprint density at radius 1 is 1.39 bits per heavy atom. The van der Waals surface area contributed by atoms with E-state index in [1.54, 1.807) is 13.3 Å². The highest BCUT2D eigenvalue weighted by Gasteiger charge is 2.08. The summed E-state index contributed by atoms with van der Waals surface area (Å²) in [6, 6.07) is 0. The number of rotatable bonds is 7. The van der Waals surface area contributed by atoms with Gasteiger partial charge in [0.25, 0.3) is 0 Å². The minimum atomic E-state index is -0.268. The van der Waals surface area contributed by atoms with Gasteiger partial charge in [0, 0.05) is 38.3 Å². The summed E-state index contributed by atoms with van der Waals surface area (Å²) < 4.78 is 9.52. The number of hydrogen-bond acceptors (Lipinski definition) is 5. The largest absolute Gasteiger partial charge is 0.469 e. The van der Waals surface area contributed by atoms with Crippen LogP contribution in [0.2, 0.25) is 5.15 Å². The van der Waals surface area contributed by atoms with Gasteiger partial charge in [-0.05, 0) is 12.8 Å². The Morgan fingerprint density at radius 3 is 2.78 bits per heavy atom. The molecule has 1 rings (SSSR count). The van der Waals surface area contributed by atoms with Gasteiger partial charge in [-0.1, -0.05) is 11.6 Å². The highest BCUT2D eigenvalue weighted by Crippen LogP contribution is 2.14. The van der Waals surface area contributed by atoms with Gasteiger partial charge >= 0.3 is 5.97 Å². The van der Waals surface area contributed by atoms with E-state index in [4.69, 9.17) is 16.3 Å². The molecule has 1 aromatic rings. The molecule has 18 heavy (non-hydrogen) atoms. The minimum absolute atomic E-state index is 0.268. The lowest BCUT2D eigenvalue weighted by atomic mass is 10.2. The van der Waals surface area contributed by atoms with Crippen LogP contribution in [0.4, 0.5) is 0 Å². The van der Waals surface area contributed by atoms with Crippen LogP contribution in [0.15, 0.2) is 6.20 Å². The monoisotopic (exact) mass is 272 g/mol. The van der Waals surface area contributed by atoms with E-state index >= 15 is 0 Å². The summed E-state index contributed by atoms with van der Waals surface area (Å²) in [5, 5.41) is 0.404. The molecule has 0 aliphatic heterocycles. The zero-order valence-electron chi connectivity index (χ0n) is 10.6. The lowest BCUT2D eigenvalue weighted by Gasteiger charge is -2.05. The molecule has 6 heteroatoms. The second-order valence-electron chi connectivity index (χ2n) is 3.77. The molecule has 0 amide bonds. The normalized spacial score (nSPS) is 10.4. The highest BCUT2D eigenvalue weighted by molar-refractivity contribution is 6.30. The van der Waals surface area contributed by atoms with Crippen molar-refractivity contribution in [2.24, 2.45) is 0 Å². The molecule has 1 heterocycles. The zero-order valence-corrected chi connectivity index (χ0v) is 11.4. The standard InChI is InChI=1S/C12H17ClN2O3/c1-17-7-3-4-10-14-8-9(12(13)15-10)5-6-11(16)18-2/h8H,3-7H2,1-2H3. The molecule has 5 nitrogen and oxygen atoms in total. The number of halogens is 1. The number of methoxy groups -OCH3 is 2. The van der Waals surface area contributed by atoms with Crippen molar-refractivity contribution in [3.63, 3.8) is 0 Å². The molecule has 0 aliphatic carbocycles. The topological polar surface area (TPSA) is 61.3 Å². The zero-order chi connectivity index (χ0) is 13.4. The summed E-state index contributed by atoms with van der Waals surface area (Å²) in [5.74, 6) is 0.425. The number of carbonyl (C=O) groups is 1. The van der Waals surface area contributed by atoms with Gasteiger partial charge in [0.1, 0.15) is 11.0 Å². The van der Waals surface area contributed by atoms with E-state index in [0.717, 1.165) is 18.4 Å². The van der Waals surface area contributed by atoms with Crippen molar-refractivity contribution in [3.05, 3.63) is 22.7 Å². The number of aryl methyl sites for hydroxylation is 2. The highest BCUT2D eigenvalue weighted by atomic mass is 35.5. The molecular formula is C12H17ClN2O3. The van der Waals surface area contributed by atoms with E-state index in [1.165, 1.54) is 7.11 Å². The average molecular weight is 273 g/mol. The van der Waals surface area contributed by atoms with Crippen molar-refractivity contribution in [2.45, 2.75) is 25.7 Å². The second kappa shape index (κ2) is 8.00. The quantitative estimate of drug-likeness (QED) is 0.430. The van der Waals surface area contributed by atoms with Crippen LogP contribution in [0.1, 0.15) is 24.2 Å². The smallest absolute Gasteiger partial charge is 0.305 e. The van der Waals surface area contributed by atoms with Gasteiger partial charge < -0.3 is 9.47 Å². The molecule has 1 aromatic heterocycles. The summed E-state index contributed by atoms with van der Waals surface area (Å²) in [4.78, 5) is 19.4. The van der Waals surface area contributed by atoms with E-state index < -0.39 is 0 Å². The van der Waals surface area contributed by atoms with Crippen LogP contribution in [-0.4, -0.2) is 36.8 Å². The van der Waals surface area contributed by atoms with Crippen molar-refractivity contribution in [2.75, 3.05) is 20.8 Å². The molecule has 0 aliphatic rings. The fourth-order valence-electron chi connectivity index (χ4n) is 1.42. The van der Waals surface area contributed by atoms with Crippen molar-refractivity contribution in [1.82, 2.24) is 9.97 Å². The minimum Gasteiger partial charge on any atom is -0.469 e. The first kappa shape index (κ1) is 14.9. The summed E-state index contributed by atoms with van der Waals surface area (Å²) in [6.07, 6.45) is 4.02. The summed E-state index contributed by atoms with van der Waals surface area (Å²) in [7, 11) is 3.02. The van der Waals surface area contributed by atoms with Crippen molar-refractivity contribution in [3.8, 4) is 0 Å². The van der Waals surface area contributed by atoms with Gasteiger partial charge in [-0.25, -0.2) is 9.97 Å². The fraction of sp³-hybridized carbons (Fsp3) is 0.583. The first-order valence-corrected chi connectivity index (χ1v) is 6.11. The molecule has 0 bridgehead atoms. The third-order valence-electron chi connectivity index (χ3n) is 2.44. The van der Waals surface area contributed by atoms with Crippen molar-refractivity contribution in [1.29, 1.82) is 0 Å². The number of carbonyl (C=O) groups excluding carboxylic acids is 1. The number of hydrogen-bond donors (Lipinski definition) is 0. The maximum absolute atomic E-state index is 11.0. The van der Waals surface area contributed by atoms with Crippen LogP contribution < -0.4 is 0 Å². The van der Waals surface area contributed by atoms with E-state index in [2.05, 4.69) is 14.7 Å². The Bertz CT molecular complexity index is 399. The number of aromatic nitrogens is 2. The Morgan fingerprint density at radius 2 is 2.17 bits per heavy atom. The molecule has 0 radical (unpaired) electrons. The van der Waals surface area contributed by atoms with Crippen molar-refractivity contribution >= 4 is 17.6 Å². The summed E-state index contributed by atoms with van der Waals surface area (Å²) >= 11 is 6.03. The maximum Gasteiger partial charge on any atom is 0.305 e.